The molecule has 7 heteroatoms. The van der Waals surface area contributed by atoms with E-state index in [1.54, 1.807) is 6.08 Å². The molecule has 4 aliphatic rings. The second kappa shape index (κ2) is 10.3. The van der Waals surface area contributed by atoms with E-state index < -0.39 is 6.04 Å². The van der Waals surface area contributed by atoms with E-state index in [1.807, 2.05) is 29.2 Å². The van der Waals surface area contributed by atoms with E-state index in [9.17, 15) is 9.59 Å². The van der Waals surface area contributed by atoms with Crippen molar-refractivity contribution in [1.29, 1.82) is 0 Å². The molecule has 2 fully saturated rings. The number of hydrogen-bond acceptors (Lipinski definition) is 6. The molecular weight excluding hydrogens is 432 g/mol. The summed E-state index contributed by atoms with van der Waals surface area (Å²) >= 11 is 0. The minimum Gasteiger partial charge on any atom is -0.490 e. The highest BCUT2D eigenvalue weighted by molar-refractivity contribution is 6.11. The number of rotatable bonds is 8. The number of Topliss-reactive ketones (excluding diaryl/α,β-unsaturated/α-hetero) is 1. The first-order valence-electron chi connectivity index (χ1n) is 12.6. The van der Waals surface area contributed by atoms with Crippen LogP contribution in [-0.2, 0) is 19.1 Å². The van der Waals surface area contributed by atoms with Gasteiger partial charge in [-0.25, -0.2) is 0 Å². The topological polar surface area (TPSA) is 68.3 Å². The Morgan fingerprint density at radius 2 is 1.94 bits per heavy atom. The number of amides is 1. The highest BCUT2D eigenvalue weighted by Crippen LogP contribution is 2.47. The summed E-state index contributed by atoms with van der Waals surface area (Å²) in [6.45, 7) is 8.92. The van der Waals surface area contributed by atoms with Crippen LogP contribution in [0.1, 0.15) is 43.7 Å². The molecule has 1 aromatic carbocycles. The molecule has 1 aliphatic carbocycles. The molecule has 3 atom stereocenters. The van der Waals surface area contributed by atoms with E-state index in [-0.39, 0.29) is 29.5 Å². The molecule has 0 spiro atoms. The van der Waals surface area contributed by atoms with Crippen molar-refractivity contribution in [3.8, 4) is 5.75 Å². The van der Waals surface area contributed by atoms with E-state index in [1.165, 1.54) is 0 Å². The number of carbonyl (C=O) groups is 2. The number of hydrogen-bond donors (Lipinski definition) is 0. The van der Waals surface area contributed by atoms with Gasteiger partial charge in [0.1, 0.15) is 18.5 Å². The highest BCUT2D eigenvalue weighted by atomic mass is 16.5. The Balaban J connectivity index is 1.42. The smallest absolute Gasteiger partial charge is 0.290 e. The van der Waals surface area contributed by atoms with Crippen LogP contribution < -0.4 is 4.74 Å². The number of ether oxygens (including phenoxy) is 3. The van der Waals surface area contributed by atoms with E-state index in [4.69, 9.17) is 14.2 Å². The van der Waals surface area contributed by atoms with Gasteiger partial charge in [-0.1, -0.05) is 31.2 Å². The molecule has 3 heterocycles. The van der Waals surface area contributed by atoms with Crippen molar-refractivity contribution in [1.82, 2.24) is 9.80 Å². The molecule has 1 amide bonds. The van der Waals surface area contributed by atoms with Crippen LogP contribution in [0.25, 0.3) is 0 Å². The molecule has 0 aromatic heterocycles. The number of morpholine rings is 1. The summed E-state index contributed by atoms with van der Waals surface area (Å²) in [4.78, 5) is 31.5. The molecule has 1 saturated heterocycles. The van der Waals surface area contributed by atoms with Gasteiger partial charge in [0.2, 0.25) is 0 Å². The third-order valence-corrected chi connectivity index (χ3v) is 7.38. The molecule has 1 aromatic rings. The van der Waals surface area contributed by atoms with Crippen molar-refractivity contribution < 1.29 is 23.8 Å². The monoisotopic (exact) mass is 466 g/mol. The van der Waals surface area contributed by atoms with E-state index >= 15 is 0 Å². The van der Waals surface area contributed by atoms with Crippen LogP contribution in [-0.4, -0.2) is 73.6 Å². The molecule has 0 radical (unpaired) electrons. The summed E-state index contributed by atoms with van der Waals surface area (Å²) in [5.41, 5.74) is 1.43. The number of fused-ring (bicyclic) bond motifs is 1. The van der Waals surface area contributed by atoms with Gasteiger partial charge in [0, 0.05) is 26.2 Å². The van der Waals surface area contributed by atoms with Gasteiger partial charge in [-0.15, -0.1) is 0 Å². The molecule has 0 bridgehead atoms. The molecule has 7 nitrogen and oxygen atoms in total. The molecule has 0 N–H and O–H groups in total. The standard InChI is InChI=1S/C27H34N2O5/c1-2-15-33-20-8-5-7-19(18-20)24-23-25(30)21-9-3-4-10-22(21)34-26(23)27(31)29(24)12-6-11-28-13-16-32-17-14-28/h2,5,7-8,18,21-22,24H,1,3-4,6,9-17H2. The van der Waals surface area contributed by atoms with Crippen molar-refractivity contribution >= 4 is 11.7 Å². The largest absolute Gasteiger partial charge is 0.490 e. The summed E-state index contributed by atoms with van der Waals surface area (Å²) in [5.74, 6) is 0.777. The third-order valence-electron chi connectivity index (χ3n) is 7.38. The van der Waals surface area contributed by atoms with E-state index in [0.29, 0.717) is 24.5 Å². The molecular formula is C27H34N2O5. The predicted octanol–water partition coefficient (Wildman–Crippen LogP) is 3.27. The van der Waals surface area contributed by atoms with Crippen molar-refractivity contribution in [2.24, 2.45) is 5.92 Å². The van der Waals surface area contributed by atoms with Crippen LogP contribution in [0.3, 0.4) is 0 Å². The van der Waals surface area contributed by atoms with Gasteiger partial charge in [-0.2, -0.15) is 0 Å². The Kier molecular flexibility index (Phi) is 7.02. The van der Waals surface area contributed by atoms with Gasteiger partial charge in [-0.05, 0) is 43.4 Å². The molecule has 5 rings (SSSR count). The molecule has 3 aliphatic heterocycles. The van der Waals surface area contributed by atoms with E-state index in [0.717, 1.165) is 70.5 Å². The van der Waals surface area contributed by atoms with Crippen LogP contribution in [0.2, 0.25) is 0 Å². The number of ketones is 1. The predicted molar refractivity (Wildman–Crippen MR) is 127 cm³/mol. The van der Waals surface area contributed by atoms with Gasteiger partial charge in [0.15, 0.2) is 11.5 Å². The van der Waals surface area contributed by atoms with Crippen molar-refractivity contribution in [2.45, 2.75) is 44.2 Å². The van der Waals surface area contributed by atoms with E-state index in [2.05, 4.69) is 11.5 Å². The first-order chi connectivity index (χ1) is 16.7. The fourth-order valence-electron chi connectivity index (χ4n) is 5.69. The average molecular weight is 467 g/mol. The first-order valence-corrected chi connectivity index (χ1v) is 12.6. The Morgan fingerprint density at radius 1 is 1.12 bits per heavy atom. The third kappa shape index (κ3) is 4.51. The van der Waals surface area contributed by atoms with Gasteiger partial charge >= 0.3 is 0 Å². The zero-order chi connectivity index (χ0) is 23.5. The maximum Gasteiger partial charge on any atom is 0.290 e. The first kappa shape index (κ1) is 23.1. The summed E-state index contributed by atoms with van der Waals surface area (Å²) < 4.78 is 17.5. The number of nitrogens with zero attached hydrogens (tertiary/aromatic N) is 2. The normalized spacial score (nSPS) is 27.3. The summed E-state index contributed by atoms with van der Waals surface area (Å²) in [5, 5.41) is 0. The van der Waals surface area contributed by atoms with Crippen LogP contribution in [0, 0.1) is 5.92 Å². The molecule has 3 unspecified atom stereocenters. The summed E-state index contributed by atoms with van der Waals surface area (Å²) in [7, 11) is 0. The Bertz CT molecular complexity index is 968. The lowest BCUT2D eigenvalue weighted by atomic mass is 9.77. The fraction of sp³-hybridized carbons (Fsp3) is 0.556. The van der Waals surface area contributed by atoms with Crippen molar-refractivity contribution in [3.05, 3.63) is 53.8 Å². The lowest BCUT2D eigenvalue weighted by Crippen LogP contribution is -2.39. The zero-order valence-corrected chi connectivity index (χ0v) is 19.7. The van der Waals surface area contributed by atoms with Crippen LogP contribution in [0.15, 0.2) is 48.3 Å². The second-order valence-corrected chi connectivity index (χ2v) is 9.54. The minimum absolute atomic E-state index is 0.0948. The summed E-state index contributed by atoms with van der Waals surface area (Å²) in [6.07, 6.45) is 6.11. The summed E-state index contributed by atoms with van der Waals surface area (Å²) in [6, 6.07) is 7.28. The lowest BCUT2D eigenvalue weighted by Gasteiger charge is -2.35. The number of benzene rings is 1. The van der Waals surface area contributed by atoms with Gasteiger partial charge < -0.3 is 19.1 Å². The van der Waals surface area contributed by atoms with Gasteiger partial charge in [-0.3, -0.25) is 14.5 Å². The SMILES string of the molecule is C=CCOc1cccc(C2C3=C(OC4CCCCC4C3=O)C(=O)N2CCCN2CCOCC2)c1. The van der Waals surface area contributed by atoms with Crippen LogP contribution in [0.5, 0.6) is 5.75 Å². The maximum atomic E-state index is 13.7. The molecule has 34 heavy (non-hydrogen) atoms. The molecule has 182 valence electrons. The Labute approximate surface area is 201 Å². The quantitative estimate of drug-likeness (QED) is 0.548. The van der Waals surface area contributed by atoms with Crippen molar-refractivity contribution in [3.63, 3.8) is 0 Å². The molecule has 1 saturated carbocycles. The zero-order valence-electron chi connectivity index (χ0n) is 19.7. The van der Waals surface area contributed by atoms with Crippen LogP contribution in [0.4, 0.5) is 0 Å². The van der Waals surface area contributed by atoms with Crippen molar-refractivity contribution in [2.75, 3.05) is 46.0 Å². The Hall–Kier alpha value is -2.64. The maximum absolute atomic E-state index is 13.7. The minimum atomic E-state index is -0.435. The highest BCUT2D eigenvalue weighted by Gasteiger charge is 2.51. The lowest BCUT2D eigenvalue weighted by molar-refractivity contribution is -0.135. The second-order valence-electron chi connectivity index (χ2n) is 9.54. The van der Waals surface area contributed by atoms with Crippen LogP contribution >= 0.6 is 0 Å². The number of carbonyl (C=O) groups excluding carboxylic acids is 2. The fourth-order valence-corrected chi connectivity index (χ4v) is 5.69. The average Bonchev–Trinajstić information content (AvgIpc) is 3.15. The van der Waals surface area contributed by atoms with Gasteiger partial charge in [0.25, 0.3) is 5.91 Å². The van der Waals surface area contributed by atoms with Gasteiger partial charge in [0.05, 0.1) is 30.7 Å². The Morgan fingerprint density at radius 3 is 2.76 bits per heavy atom.